The molecule has 0 aliphatic carbocycles. The summed E-state index contributed by atoms with van der Waals surface area (Å²) in [5.41, 5.74) is 9.38. The molecule has 1 aliphatic rings. The van der Waals surface area contributed by atoms with Crippen LogP contribution in [0.2, 0.25) is 0 Å². The molecule has 3 heterocycles. The van der Waals surface area contributed by atoms with Crippen LogP contribution < -0.4 is 11.1 Å². The number of nitrogens with one attached hydrogen (secondary N) is 1. The van der Waals surface area contributed by atoms with E-state index < -0.39 is 0 Å². The fourth-order valence-electron chi connectivity index (χ4n) is 4.61. The quantitative estimate of drug-likeness (QED) is 0.452. The van der Waals surface area contributed by atoms with Crippen LogP contribution in [-0.4, -0.2) is 32.1 Å². The topological polar surface area (TPSA) is 81.6 Å². The van der Waals surface area contributed by atoms with E-state index in [1.807, 2.05) is 30.5 Å². The number of benzene rings is 3. The lowest BCUT2D eigenvalue weighted by atomic mass is 9.99. The molecule has 6 rings (SSSR count). The molecule has 6 heteroatoms. The van der Waals surface area contributed by atoms with Gasteiger partial charge in [0.15, 0.2) is 0 Å². The van der Waals surface area contributed by atoms with Gasteiger partial charge in [-0.1, -0.05) is 48.5 Å². The number of piperidine rings is 1. The molecular weight excluding hydrogens is 396 g/mol. The zero-order valence-electron chi connectivity index (χ0n) is 17.6. The summed E-state index contributed by atoms with van der Waals surface area (Å²) in [6, 6.07) is 24.9. The lowest BCUT2D eigenvalue weighted by Crippen LogP contribution is -2.43. The average molecular weight is 421 g/mol. The number of aromatic nitrogens is 4. The summed E-state index contributed by atoms with van der Waals surface area (Å²) < 4.78 is 2.12. The molecule has 0 bridgehead atoms. The molecule has 3 N–H and O–H groups in total. The van der Waals surface area contributed by atoms with Gasteiger partial charge in [-0.25, -0.2) is 15.0 Å². The highest BCUT2D eigenvalue weighted by Crippen LogP contribution is 2.30. The summed E-state index contributed by atoms with van der Waals surface area (Å²) in [5, 5.41) is 5.88. The van der Waals surface area contributed by atoms with E-state index in [4.69, 9.17) is 15.7 Å². The predicted octanol–water partition coefficient (Wildman–Crippen LogP) is 4.39. The van der Waals surface area contributed by atoms with Crippen molar-refractivity contribution in [2.75, 3.05) is 6.54 Å². The van der Waals surface area contributed by atoms with E-state index >= 15 is 0 Å². The molecule has 158 valence electrons. The van der Waals surface area contributed by atoms with E-state index in [2.05, 4.69) is 63.4 Å². The number of rotatable bonds is 3. The van der Waals surface area contributed by atoms with Gasteiger partial charge in [-0.2, -0.15) is 0 Å². The van der Waals surface area contributed by atoms with Crippen molar-refractivity contribution in [3.05, 3.63) is 84.8 Å². The fourth-order valence-corrected chi connectivity index (χ4v) is 4.61. The third kappa shape index (κ3) is 3.25. The highest BCUT2D eigenvalue weighted by molar-refractivity contribution is 5.89. The minimum Gasteiger partial charge on any atom is -0.326 e. The molecule has 0 radical (unpaired) electrons. The number of para-hydroxylation sites is 2. The van der Waals surface area contributed by atoms with E-state index in [1.54, 1.807) is 0 Å². The van der Waals surface area contributed by atoms with Gasteiger partial charge in [0.05, 0.1) is 17.1 Å². The standard InChI is InChI=1S/C26H24N6/c27-20-8-5-14-28-24(20)25-29-15-13-23(31-25)32-22-10-4-3-9-21(22)30-26(32)19-12-11-17-6-1-2-7-18(17)16-19/h1-4,6-7,9-13,15-16,20,24,28H,5,8,14,27H2/t20-,24-/m1/s1. The first-order chi connectivity index (χ1) is 15.8. The third-order valence-electron chi connectivity index (χ3n) is 6.24. The second-order valence-electron chi connectivity index (χ2n) is 8.33. The van der Waals surface area contributed by atoms with Crippen LogP contribution in [0.1, 0.15) is 24.7 Å². The summed E-state index contributed by atoms with van der Waals surface area (Å²) in [6.45, 7) is 0.933. The Balaban J connectivity index is 1.54. The van der Waals surface area contributed by atoms with Gasteiger partial charge in [-0.05, 0) is 54.4 Å². The molecule has 1 fully saturated rings. The zero-order valence-corrected chi connectivity index (χ0v) is 17.6. The van der Waals surface area contributed by atoms with Gasteiger partial charge >= 0.3 is 0 Å². The number of hydrogen-bond acceptors (Lipinski definition) is 5. The van der Waals surface area contributed by atoms with Crippen molar-refractivity contribution in [3.63, 3.8) is 0 Å². The van der Waals surface area contributed by atoms with Crippen LogP contribution in [0, 0.1) is 0 Å². The molecule has 1 saturated heterocycles. The Bertz CT molecular complexity index is 1420. The largest absolute Gasteiger partial charge is 0.326 e. The second kappa shape index (κ2) is 7.82. The molecule has 32 heavy (non-hydrogen) atoms. The summed E-state index contributed by atoms with van der Waals surface area (Å²) in [4.78, 5) is 14.5. The first kappa shape index (κ1) is 19.1. The lowest BCUT2D eigenvalue weighted by Gasteiger charge is -2.28. The van der Waals surface area contributed by atoms with Crippen molar-refractivity contribution in [1.29, 1.82) is 0 Å². The summed E-state index contributed by atoms with van der Waals surface area (Å²) >= 11 is 0. The molecule has 5 aromatic rings. The lowest BCUT2D eigenvalue weighted by molar-refractivity contribution is 0.345. The summed E-state index contributed by atoms with van der Waals surface area (Å²) in [5.74, 6) is 2.39. The van der Waals surface area contributed by atoms with Crippen molar-refractivity contribution in [2.24, 2.45) is 5.73 Å². The van der Waals surface area contributed by atoms with Crippen LogP contribution in [0.25, 0.3) is 39.0 Å². The Hall–Kier alpha value is -3.61. The van der Waals surface area contributed by atoms with E-state index in [-0.39, 0.29) is 12.1 Å². The molecule has 0 spiro atoms. The van der Waals surface area contributed by atoms with Crippen molar-refractivity contribution >= 4 is 21.8 Å². The van der Waals surface area contributed by atoms with Gasteiger partial charge in [0, 0.05) is 17.8 Å². The van der Waals surface area contributed by atoms with Crippen molar-refractivity contribution < 1.29 is 0 Å². The average Bonchev–Trinajstić information content (AvgIpc) is 3.24. The van der Waals surface area contributed by atoms with Crippen LogP contribution in [0.5, 0.6) is 0 Å². The number of fused-ring (bicyclic) bond motifs is 2. The normalized spacial score (nSPS) is 18.9. The molecular formula is C26H24N6. The summed E-state index contributed by atoms with van der Waals surface area (Å²) in [6.07, 6.45) is 3.87. The molecule has 6 nitrogen and oxygen atoms in total. The molecule has 0 unspecified atom stereocenters. The molecule has 3 aromatic carbocycles. The first-order valence-electron chi connectivity index (χ1n) is 11.1. The van der Waals surface area contributed by atoms with Crippen LogP contribution in [0.4, 0.5) is 0 Å². The van der Waals surface area contributed by atoms with Crippen molar-refractivity contribution in [3.8, 4) is 17.2 Å². The Morgan fingerprint density at radius 1 is 0.906 bits per heavy atom. The Labute approximate surface area is 186 Å². The summed E-state index contributed by atoms with van der Waals surface area (Å²) in [7, 11) is 0. The zero-order chi connectivity index (χ0) is 21.5. The Kier molecular flexibility index (Phi) is 4.67. The molecule has 0 saturated carbocycles. The molecule has 2 aromatic heterocycles. The van der Waals surface area contributed by atoms with E-state index in [9.17, 15) is 0 Å². The smallest absolute Gasteiger partial charge is 0.149 e. The maximum Gasteiger partial charge on any atom is 0.149 e. The molecule has 2 atom stereocenters. The molecule has 1 aliphatic heterocycles. The third-order valence-corrected chi connectivity index (χ3v) is 6.24. The number of imidazole rings is 1. The first-order valence-corrected chi connectivity index (χ1v) is 11.1. The van der Waals surface area contributed by atoms with Crippen LogP contribution >= 0.6 is 0 Å². The Morgan fingerprint density at radius 2 is 1.75 bits per heavy atom. The Morgan fingerprint density at radius 3 is 2.66 bits per heavy atom. The van der Waals surface area contributed by atoms with Crippen LogP contribution in [0.3, 0.4) is 0 Å². The van der Waals surface area contributed by atoms with Crippen LogP contribution in [-0.2, 0) is 0 Å². The SMILES string of the molecule is N[C@@H]1CCCN[C@H]1c1nccc(-n2c(-c3ccc4ccccc4c3)nc3ccccc32)n1. The van der Waals surface area contributed by atoms with E-state index in [1.165, 1.54) is 10.8 Å². The van der Waals surface area contributed by atoms with Gasteiger partial charge in [0.2, 0.25) is 0 Å². The number of nitrogens with zero attached hydrogens (tertiary/aromatic N) is 4. The van der Waals surface area contributed by atoms with E-state index in [0.29, 0.717) is 0 Å². The van der Waals surface area contributed by atoms with Crippen molar-refractivity contribution in [1.82, 2.24) is 24.8 Å². The van der Waals surface area contributed by atoms with Crippen molar-refractivity contribution in [2.45, 2.75) is 24.9 Å². The molecule has 0 amide bonds. The number of nitrogens with two attached hydrogens (primary N) is 1. The second-order valence-corrected chi connectivity index (χ2v) is 8.33. The van der Waals surface area contributed by atoms with Gasteiger partial charge < -0.3 is 11.1 Å². The monoisotopic (exact) mass is 420 g/mol. The van der Waals surface area contributed by atoms with Gasteiger partial charge in [0.25, 0.3) is 0 Å². The van der Waals surface area contributed by atoms with Gasteiger partial charge in [-0.3, -0.25) is 4.57 Å². The number of hydrogen-bond donors (Lipinski definition) is 2. The maximum atomic E-state index is 6.38. The minimum atomic E-state index is -0.0393. The van der Waals surface area contributed by atoms with Gasteiger partial charge in [0.1, 0.15) is 17.5 Å². The highest BCUT2D eigenvalue weighted by Gasteiger charge is 2.26. The predicted molar refractivity (Wildman–Crippen MR) is 128 cm³/mol. The fraction of sp³-hybridized carbons (Fsp3) is 0.192. The maximum absolute atomic E-state index is 6.38. The highest BCUT2D eigenvalue weighted by atomic mass is 15.2. The minimum absolute atomic E-state index is 0.0125. The van der Waals surface area contributed by atoms with Crippen LogP contribution in [0.15, 0.2) is 79.0 Å². The van der Waals surface area contributed by atoms with Gasteiger partial charge in [-0.15, -0.1) is 0 Å². The van der Waals surface area contributed by atoms with E-state index in [0.717, 1.165) is 53.4 Å².